The molecular weight excluding hydrogens is 463 g/mol. The summed E-state index contributed by atoms with van der Waals surface area (Å²) in [5.41, 5.74) is 1.90. The van der Waals surface area contributed by atoms with E-state index in [0.29, 0.717) is 14.3 Å². The van der Waals surface area contributed by atoms with Crippen molar-refractivity contribution in [3.8, 4) is 5.75 Å². The van der Waals surface area contributed by atoms with Gasteiger partial charge in [-0.2, -0.15) is 0 Å². The molecule has 1 heterocycles. The SMILES string of the molecule is CC(C)(C)c1cccc(Pc2ccc(F)cc2CN2CCCCC2)c1O.[Cl][Ti][Cl]. The quantitative estimate of drug-likeness (QED) is 0.430. The van der Waals surface area contributed by atoms with Crippen LogP contribution < -0.4 is 10.6 Å². The van der Waals surface area contributed by atoms with Crippen molar-refractivity contribution >= 4 is 37.8 Å². The van der Waals surface area contributed by atoms with Crippen LogP contribution in [-0.2, 0) is 29.0 Å². The van der Waals surface area contributed by atoms with Crippen molar-refractivity contribution in [3.05, 3.63) is 53.3 Å². The number of piperidine rings is 1. The summed E-state index contributed by atoms with van der Waals surface area (Å²) in [6, 6.07) is 11.1. The molecule has 2 nitrogen and oxygen atoms in total. The molecule has 1 saturated heterocycles. The molecule has 0 aliphatic carbocycles. The summed E-state index contributed by atoms with van der Waals surface area (Å²) in [5, 5.41) is 12.8. The van der Waals surface area contributed by atoms with E-state index in [-0.39, 0.29) is 11.2 Å². The summed E-state index contributed by atoms with van der Waals surface area (Å²) < 4.78 is 13.9. The van der Waals surface area contributed by atoms with E-state index in [1.165, 1.54) is 25.3 Å². The Morgan fingerprint density at radius 3 is 2.34 bits per heavy atom. The molecule has 1 fully saturated rings. The first-order valence-corrected chi connectivity index (χ1v) is 15.1. The van der Waals surface area contributed by atoms with Crippen LogP contribution in [0.2, 0.25) is 0 Å². The van der Waals surface area contributed by atoms with Crippen LogP contribution >= 0.6 is 27.2 Å². The summed E-state index contributed by atoms with van der Waals surface area (Å²) >= 11 is -0.556. The first-order chi connectivity index (χ1) is 13.8. The van der Waals surface area contributed by atoms with Crippen molar-refractivity contribution in [2.24, 2.45) is 0 Å². The number of hydrogen-bond acceptors (Lipinski definition) is 2. The fourth-order valence-corrected chi connectivity index (χ4v) is 4.77. The van der Waals surface area contributed by atoms with Gasteiger partial charge in [-0.05, 0) is 59.9 Å². The predicted octanol–water partition coefficient (Wildman–Crippen LogP) is 5.82. The van der Waals surface area contributed by atoms with E-state index in [9.17, 15) is 9.50 Å². The number of hydrogen-bond donors (Lipinski definition) is 1. The zero-order valence-corrected chi connectivity index (χ0v) is 21.3. The predicted molar refractivity (Wildman–Crippen MR) is 122 cm³/mol. The second kappa shape index (κ2) is 12.0. The monoisotopic (exact) mass is 491 g/mol. The van der Waals surface area contributed by atoms with Crippen LogP contribution in [-0.4, -0.2) is 23.1 Å². The fraction of sp³-hybridized carbons (Fsp3) is 0.455. The zero-order valence-electron chi connectivity index (χ0n) is 17.2. The van der Waals surface area contributed by atoms with Crippen molar-refractivity contribution in [1.29, 1.82) is 0 Å². The van der Waals surface area contributed by atoms with Gasteiger partial charge < -0.3 is 5.11 Å². The second-order valence-corrected chi connectivity index (χ2v) is 12.2. The number of phenolic OH excluding ortho intramolecular Hbond substituents is 1. The first kappa shape index (κ1) is 25.1. The Hall–Kier alpha value is -0.146. The molecule has 1 atom stereocenters. The average molecular weight is 492 g/mol. The van der Waals surface area contributed by atoms with E-state index in [1.54, 1.807) is 6.07 Å². The summed E-state index contributed by atoms with van der Waals surface area (Å²) in [7, 11) is 10.1. The summed E-state index contributed by atoms with van der Waals surface area (Å²) in [4.78, 5) is 2.41. The molecule has 0 bridgehead atoms. The maximum atomic E-state index is 13.9. The number of aromatic hydroxyl groups is 1. The third-order valence-corrected chi connectivity index (χ3v) is 6.45. The molecule has 1 N–H and O–H groups in total. The van der Waals surface area contributed by atoms with Gasteiger partial charge in [0.25, 0.3) is 0 Å². The second-order valence-electron chi connectivity index (χ2n) is 8.29. The molecule has 2 aromatic carbocycles. The van der Waals surface area contributed by atoms with E-state index in [1.807, 2.05) is 24.3 Å². The minimum absolute atomic E-state index is 0.107. The molecule has 2 aromatic rings. The molecule has 29 heavy (non-hydrogen) atoms. The van der Waals surface area contributed by atoms with Gasteiger partial charge in [-0.25, -0.2) is 4.39 Å². The fourth-order valence-electron chi connectivity index (χ4n) is 3.57. The Morgan fingerprint density at radius 1 is 1.07 bits per heavy atom. The minimum atomic E-state index is -0.556. The van der Waals surface area contributed by atoms with Gasteiger partial charge in [0.05, 0.1) is 0 Å². The molecule has 1 unspecified atom stereocenters. The van der Waals surface area contributed by atoms with Gasteiger partial charge in [0, 0.05) is 11.8 Å². The Morgan fingerprint density at radius 2 is 1.72 bits per heavy atom. The van der Waals surface area contributed by atoms with Gasteiger partial charge in [-0.1, -0.05) is 60.0 Å². The van der Waals surface area contributed by atoms with Crippen molar-refractivity contribution in [2.75, 3.05) is 13.1 Å². The van der Waals surface area contributed by atoms with Crippen LogP contribution in [0, 0.1) is 5.82 Å². The number of nitrogens with zero attached hydrogens (tertiary/aromatic N) is 1. The third-order valence-electron chi connectivity index (χ3n) is 5.02. The molecule has 7 heteroatoms. The molecule has 1 aliphatic heterocycles. The number of benzene rings is 2. The Kier molecular flexibility index (Phi) is 10.4. The first-order valence-electron chi connectivity index (χ1n) is 9.82. The van der Waals surface area contributed by atoms with Crippen LogP contribution in [0.3, 0.4) is 0 Å². The van der Waals surface area contributed by atoms with Gasteiger partial charge in [0.2, 0.25) is 0 Å². The molecular formula is C22H29Cl2FNOPTi. The van der Waals surface area contributed by atoms with Crippen LogP contribution in [0.25, 0.3) is 0 Å². The molecule has 0 radical (unpaired) electrons. The van der Waals surface area contributed by atoms with Crippen LogP contribution in [0.1, 0.15) is 51.2 Å². The summed E-state index contributed by atoms with van der Waals surface area (Å²) in [5.74, 6) is 0.199. The molecule has 0 amide bonds. The van der Waals surface area contributed by atoms with Crippen LogP contribution in [0.5, 0.6) is 5.75 Å². The number of phenols is 1. The van der Waals surface area contributed by atoms with Crippen LogP contribution in [0.4, 0.5) is 4.39 Å². The Balaban J connectivity index is 0.000000941. The van der Waals surface area contributed by atoms with Gasteiger partial charge in [-0.15, -0.1) is 0 Å². The average Bonchev–Trinajstić information content (AvgIpc) is 2.66. The Labute approximate surface area is 192 Å². The van der Waals surface area contributed by atoms with Gasteiger partial charge in [0.15, 0.2) is 0 Å². The molecule has 0 spiro atoms. The number of likely N-dealkylation sites (tertiary alicyclic amines) is 1. The van der Waals surface area contributed by atoms with Crippen molar-refractivity contribution in [1.82, 2.24) is 4.90 Å². The number of para-hydroxylation sites is 1. The molecule has 3 rings (SSSR count). The normalized spacial score (nSPS) is 15.2. The maximum absolute atomic E-state index is 13.9. The Bertz CT molecular complexity index is 795. The van der Waals surface area contributed by atoms with E-state index in [4.69, 9.17) is 18.6 Å². The van der Waals surface area contributed by atoms with Crippen LogP contribution in [0.15, 0.2) is 36.4 Å². The van der Waals surface area contributed by atoms with Crippen molar-refractivity contribution in [3.63, 3.8) is 0 Å². The van der Waals surface area contributed by atoms with E-state index >= 15 is 0 Å². The third kappa shape index (κ3) is 7.80. The molecule has 0 aromatic heterocycles. The van der Waals surface area contributed by atoms with Gasteiger partial charge in [0.1, 0.15) is 11.6 Å². The topological polar surface area (TPSA) is 23.5 Å². The summed E-state index contributed by atoms with van der Waals surface area (Å²) in [6.45, 7) is 9.28. The van der Waals surface area contributed by atoms with Crippen molar-refractivity contribution < 1.29 is 26.5 Å². The van der Waals surface area contributed by atoms with E-state index < -0.39 is 17.0 Å². The zero-order chi connectivity index (χ0) is 21.4. The summed E-state index contributed by atoms with van der Waals surface area (Å²) in [6.07, 6.45) is 3.74. The van der Waals surface area contributed by atoms with E-state index in [0.717, 1.165) is 41.4 Å². The van der Waals surface area contributed by atoms with E-state index in [2.05, 4.69) is 25.7 Å². The van der Waals surface area contributed by atoms with Crippen molar-refractivity contribution in [2.45, 2.75) is 52.0 Å². The standard InChI is InChI=1S/C22H29FNOP.2ClH.Ti/c1-22(2,3)18-8-7-9-20(21(18)25)26-19-11-10-17(23)14-16(19)15-24-12-5-4-6-13-24;;;/h7-11,14,25-26H,4-6,12-13,15H2,1-3H3;2*1H;/q;;;+2/p-2. The number of rotatable bonds is 4. The van der Waals surface area contributed by atoms with Gasteiger partial charge >= 0.3 is 35.6 Å². The number of halogens is 3. The van der Waals surface area contributed by atoms with Gasteiger partial charge in [-0.3, -0.25) is 4.90 Å². The molecule has 0 saturated carbocycles. The molecule has 158 valence electrons. The molecule has 1 aliphatic rings.